The minimum atomic E-state index is 0.403. The summed E-state index contributed by atoms with van der Waals surface area (Å²) < 4.78 is 0.842. The summed E-state index contributed by atoms with van der Waals surface area (Å²) in [5.41, 5.74) is 7.49. The zero-order chi connectivity index (χ0) is 12.4. The highest BCUT2D eigenvalue weighted by atomic mass is 79.9. The number of halogens is 1. The van der Waals surface area contributed by atoms with Crippen LogP contribution in [0.2, 0.25) is 0 Å². The molecule has 2 N–H and O–H groups in total. The third-order valence-corrected chi connectivity index (χ3v) is 4.13. The van der Waals surface area contributed by atoms with Crippen LogP contribution in [0, 0.1) is 0 Å². The minimum absolute atomic E-state index is 0.403. The van der Waals surface area contributed by atoms with Crippen LogP contribution in [-0.2, 0) is 0 Å². The lowest BCUT2D eigenvalue weighted by molar-refractivity contribution is 1.16. The topological polar surface area (TPSA) is 42.1 Å². The first-order chi connectivity index (χ1) is 8.08. The van der Waals surface area contributed by atoms with Crippen molar-refractivity contribution in [3.8, 4) is 0 Å². The number of benzene rings is 1. The normalized spacial score (nSPS) is 10.2. The first-order valence-electron chi connectivity index (χ1n) is 4.82. The zero-order valence-electron chi connectivity index (χ0n) is 9.05. The molecule has 2 aromatic rings. The Balaban J connectivity index is 2.33. The Morgan fingerprint density at radius 3 is 2.88 bits per heavy atom. The summed E-state index contributed by atoms with van der Waals surface area (Å²) in [6, 6.07) is 7.79. The first kappa shape index (κ1) is 12.5. The second-order valence-electron chi connectivity index (χ2n) is 3.43. The summed E-state index contributed by atoms with van der Waals surface area (Å²) in [7, 11) is 1.96. The molecule has 0 aliphatic carbocycles. The molecule has 3 nitrogen and oxygen atoms in total. The van der Waals surface area contributed by atoms with Crippen molar-refractivity contribution in [1.29, 1.82) is 0 Å². The highest BCUT2D eigenvalue weighted by molar-refractivity contribution is 9.10. The van der Waals surface area contributed by atoms with E-state index in [0.717, 1.165) is 21.0 Å². The van der Waals surface area contributed by atoms with Crippen molar-refractivity contribution in [2.24, 2.45) is 5.73 Å². The predicted molar refractivity (Wildman–Crippen MR) is 80.2 cm³/mol. The average Bonchev–Trinajstić information content (AvgIpc) is 2.75. The summed E-state index contributed by atoms with van der Waals surface area (Å²) in [6.07, 6.45) is 0. The second-order valence-corrected chi connectivity index (χ2v) is 5.52. The van der Waals surface area contributed by atoms with E-state index in [-0.39, 0.29) is 0 Å². The lowest BCUT2D eigenvalue weighted by Gasteiger charge is -2.16. The maximum absolute atomic E-state index is 5.62. The number of hydrogen-bond donors (Lipinski definition) is 1. The number of aromatic nitrogens is 1. The summed E-state index contributed by atoms with van der Waals surface area (Å²) in [6.45, 7) is 0. The number of rotatable bonds is 3. The van der Waals surface area contributed by atoms with E-state index >= 15 is 0 Å². The van der Waals surface area contributed by atoms with Crippen molar-refractivity contribution in [3.05, 3.63) is 39.8 Å². The van der Waals surface area contributed by atoms with E-state index in [9.17, 15) is 0 Å². The first-order valence-corrected chi connectivity index (χ1v) is 6.90. The number of anilines is 2. The Morgan fingerprint density at radius 1 is 1.53 bits per heavy atom. The van der Waals surface area contributed by atoms with E-state index < -0.39 is 0 Å². The fourth-order valence-electron chi connectivity index (χ4n) is 1.38. The van der Waals surface area contributed by atoms with Crippen molar-refractivity contribution in [2.45, 2.75) is 0 Å². The van der Waals surface area contributed by atoms with Crippen LogP contribution >= 0.6 is 39.5 Å². The third-order valence-electron chi connectivity index (χ3n) is 2.27. The van der Waals surface area contributed by atoms with Gasteiger partial charge < -0.3 is 10.6 Å². The smallest absolute Gasteiger partial charge is 0.190 e. The standard InChI is InChI=1S/C11H10BrN3S2/c1-15(11-14-9(12)6-17-11)8-4-2-3-7(5-8)10(13)16/h2-6H,1H3,(H2,13,16). The van der Waals surface area contributed by atoms with Crippen LogP contribution in [0.1, 0.15) is 5.56 Å². The van der Waals surface area contributed by atoms with Crippen LogP contribution in [0.3, 0.4) is 0 Å². The highest BCUT2D eigenvalue weighted by Gasteiger charge is 2.09. The van der Waals surface area contributed by atoms with Gasteiger partial charge in [0.15, 0.2) is 5.13 Å². The van der Waals surface area contributed by atoms with Crippen molar-refractivity contribution < 1.29 is 0 Å². The van der Waals surface area contributed by atoms with E-state index in [1.54, 1.807) is 11.3 Å². The molecule has 1 aromatic carbocycles. The van der Waals surface area contributed by atoms with Gasteiger partial charge in [-0.15, -0.1) is 11.3 Å². The Labute approximate surface area is 117 Å². The van der Waals surface area contributed by atoms with Gasteiger partial charge in [0.2, 0.25) is 0 Å². The molecule has 0 spiro atoms. The Bertz CT molecular complexity index is 553. The molecule has 88 valence electrons. The molecule has 0 aliphatic rings. The third kappa shape index (κ3) is 2.83. The highest BCUT2D eigenvalue weighted by Crippen LogP contribution is 2.28. The summed E-state index contributed by atoms with van der Waals surface area (Å²) in [5.74, 6) is 0. The van der Waals surface area contributed by atoms with Crippen LogP contribution in [0.15, 0.2) is 34.2 Å². The van der Waals surface area contributed by atoms with Gasteiger partial charge in [0.1, 0.15) is 9.59 Å². The minimum Gasteiger partial charge on any atom is -0.389 e. The molecule has 0 saturated carbocycles. The molecule has 0 fully saturated rings. The number of nitrogens with zero attached hydrogens (tertiary/aromatic N) is 2. The zero-order valence-corrected chi connectivity index (χ0v) is 12.3. The molecule has 0 unspecified atom stereocenters. The maximum atomic E-state index is 5.62. The van der Waals surface area contributed by atoms with Crippen molar-refractivity contribution in [3.63, 3.8) is 0 Å². The van der Waals surface area contributed by atoms with E-state index in [4.69, 9.17) is 18.0 Å². The molecule has 0 radical (unpaired) electrons. The van der Waals surface area contributed by atoms with Gasteiger partial charge >= 0.3 is 0 Å². The maximum Gasteiger partial charge on any atom is 0.190 e. The Kier molecular flexibility index (Phi) is 3.76. The SMILES string of the molecule is CN(c1cccc(C(N)=S)c1)c1nc(Br)cs1. The quantitative estimate of drug-likeness (QED) is 0.878. The van der Waals surface area contributed by atoms with Gasteiger partial charge in [-0.05, 0) is 28.1 Å². The van der Waals surface area contributed by atoms with Crippen LogP contribution < -0.4 is 10.6 Å². The van der Waals surface area contributed by atoms with Gasteiger partial charge in [0, 0.05) is 23.7 Å². The van der Waals surface area contributed by atoms with Crippen LogP contribution in [0.4, 0.5) is 10.8 Å². The predicted octanol–water partition coefficient (Wildman–Crippen LogP) is 3.31. The molecule has 0 amide bonds. The van der Waals surface area contributed by atoms with Crippen LogP contribution in [0.25, 0.3) is 0 Å². The molecule has 6 heteroatoms. The molecule has 1 aromatic heterocycles. The summed E-state index contributed by atoms with van der Waals surface area (Å²) in [5, 5.41) is 2.86. The molecule has 0 bridgehead atoms. The number of thiazole rings is 1. The summed E-state index contributed by atoms with van der Waals surface area (Å²) in [4.78, 5) is 6.76. The van der Waals surface area contributed by atoms with E-state index in [1.807, 2.05) is 41.6 Å². The van der Waals surface area contributed by atoms with E-state index in [1.165, 1.54) is 0 Å². The van der Waals surface area contributed by atoms with Gasteiger partial charge in [0.25, 0.3) is 0 Å². The number of hydrogen-bond acceptors (Lipinski definition) is 4. The van der Waals surface area contributed by atoms with Gasteiger partial charge in [-0.1, -0.05) is 24.4 Å². The van der Waals surface area contributed by atoms with Gasteiger partial charge in [-0.2, -0.15) is 0 Å². The number of thiocarbonyl (C=S) groups is 1. The molecule has 0 saturated heterocycles. The van der Waals surface area contributed by atoms with Crippen LogP contribution in [-0.4, -0.2) is 17.0 Å². The van der Waals surface area contributed by atoms with E-state index in [0.29, 0.717) is 4.99 Å². The molecule has 0 aliphatic heterocycles. The summed E-state index contributed by atoms with van der Waals surface area (Å²) >= 11 is 9.88. The average molecular weight is 328 g/mol. The monoisotopic (exact) mass is 327 g/mol. The molecular weight excluding hydrogens is 318 g/mol. The van der Waals surface area contributed by atoms with E-state index in [2.05, 4.69) is 20.9 Å². The molecule has 1 heterocycles. The fourth-order valence-corrected chi connectivity index (χ4v) is 2.74. The lowest BCUT2D eigenvalue weighted by Crippen LogP contribution is -2.12. The van der Waals surface area contributed by atoms with Gasteiger partial charge in [0.05, 0.1) is 0 Å². The largest absolute Gasteiger partial charge is 0.389 e. The van der Waals surface area contributed by atoms with Crippen molar-refractivity contribution in [2.75, 3.05) is 11.9 Å². The Morgan fingerprint density at radius 2 is 2.29 bits per heavy atom. The number of nitrogens with two attached hydrogens (primary N) is 1. The van der Waals surface area contributed by atoms with Gasteiger partial charge in [-0.25, -0.2) is 4.98 Å². The molecule has 0 atom stereocenters. The van der Waals surface area contributed by atoms with Gasteiger partial charge in [-0.3, -0.25) is 0 Å². The van der Waals surface area contributed by atoms with Crippen molar-refractivity contribution in [1.82, 2.24) is 4.98 Å². The molecule has 17 heavy (non-hydrogen) atoms. The van der Waals surface area contributed by atoms with Crippen molar-refractivity contribution >= 4 is 55.3 Å². The molecule has 2 rings (SSSR count). The Hall–Kier alpha value is -0.980. The van der Waals surface area contributed by atoms with Crippen LogP contribution in [0.5, 0.6) is 0 Å². The molecular formula is C11H10BrN3S2. The lowest BCUT2D eigenvalue weighted by atomic mass is 10.2. The second kappa shape index (κ2) is 5.12. The fraction of sp³-hybridized carbons (Fsp3) is 0.0909.